The summed E-state index contributed by atoms with van der Waals surface area (Å²) in [7, 11) is -2.51. The lowest BCUT2D eigenvalue weighted by Gasteiger charge is -2.43. The minimum Gasteiger partial charge on any atom is -0.407 e. The quantitative estimate of drug-likeness (QED) is 0.182. The van der Waals surface area contributed by atoms with Gasteiger partial charge in [-0.05, 0) is 33.8 Å². The lowest BCUT2D eigenvalue weighted by Crippen LogP contribution is -2.66. The largest absolute Gasteiger partial charge is 0.407 e. The van der Waals surface area contributed by atoms with Gasteiger partial charge in [-0.15, -0.1) is 6.58 Å². The van der Waals surface area contributed by atoms with Gasteiger partial charge in [0.25, 0.3) is 8.32 Å². The monoisotopic (exact) mass is 448 g/mol. The number of aromatic nitrogens is 2. The van der Waals surface area contributed by atoms with Crippen molar-refractivity contribution in [1.29, 1.82) is 0 Å². The van der Waals surface area contributed by atoms with E-state index < -0.39 is 8.32 Å². The summed E-state index contributed by atoms with van der Waals surface area (Å²) in [6.45, 7) is 11.7. The third-order valence-electron chi connectivity index (χ3n) is 5.53. The average Bonchev–Trinajstić information content (AvgIpc) is 2.79. The van der Waals surface area contributed by atoms with Crippen LogP contribution in [0.1, 0.15) is 27.2 Å². The van der Waals surface area contributed by atoms with Crippen molar-refractivity contribution >= 4 is 30.5 Å². The predicted molar refractivity (Wildman–Crippen MR) is 135 cm³/mol. The summed E-state index contributed by atoms with van der Waals surface area (Å²) in [6.07, 6.45) is 6.58. The molecule has 5 heteroatoms. The van der Waals surface area contributed by atoms with Gasteiger partial charge in [-0.1, -0.05) is 99.3 Å². The van der Waals surface area contributed by atoms with Crippen molar-refractivity contribution < 1.29 is 4.43 Å². The van der Waals surface area contributed by atoms with Crippen LogP contribution in [0.25, 0.3) is 0 Å². The van der Waals surface area contributed by atoms with Gasteiger partial charge in [0, 0.05) is 24.8 Å². The van der Waals surface area contributed by atoms with Crippen LogP contribution < -0.4 is 10.4 Å². The standard InChI is InChI=1S/C26H32N2OSSi/c1-5-22(17-20-30-25-27-18-12-19-28-25)21-29-31(26(2,3)4,23-13-8-6-9-14-23)24-15-10-7-11-16-24/h5-16,18-19,22H,1,17,20-21H2,2-4H3/t22-/m1/s1. The van der Waals surface area contributed by atoms with Crippen molar-refractivity contribution in [3.05, 3.63) is 91.8 Å². The molecule has 3 nitrogen and oxygen atoms in total. The summed E-state index contributed by atoms with van der Waals surface area (Å²) in [6, 6.07) is 23.4. The maximum absolute atomic E-state index is 7.05. The Labute approximate surface area is 192 Å². The predicted octanol–water partition coefficient (Wildman–Crippen LogP) is 5.34. The van der Waals surface area contributed by atoms with E-state index >= 15 is 0 Å². The molecule has 1 heterocycles. The average molecular weight is 449 g/mol. The molecule has 1 aromatic heterocycles. The van der Waals surface area contributed by atoms with Gasteiger partial charge in [-0.3, -0.25) is 0 Å². The highest BCUT2D eigenvalue weighted by molar-refractivity contribution is 7.99. The normalized spacial score (nSPS) is 13.0. The zero-order chi connectivity index (χ0) is 22.2. The second-order valence-electron chi connectivity index (χ2n) is 8.64. The Bertz CT molecular complexity index is 890. The van der Waals surface area contributed by atoms with E-state index in [0.29, 0.717) is 6.61 Å². The van der Waals surface area contributed by atoms with Gasteiger partial charge in [0.1, 0.15) is 0 Å². The molecule has 162 valence electrons. The molecule has 0 fully saturated rings. The lowest BCUT2D eigenvalue weighted by atomic mass is 10.1. The fourth-order valence-electron chi connectivity index (χ4n) is 3.92. The molecule has 0 aliphatic carbocycles. The van der Waals surface area contributed by atoms with Crippen molar-refractivity contribution in [2.45, 2.75) is 37.4 Å². The first kappa shape index (κ1) is 23.5. The Morgan fingerprint density at radius 3 is 1.97 bits per heavy atom. The van der Waals surface area contributed by atoms with E-state index in [1.807, 2.05) is 12.1 Å². The van der Waals surface area contributed by atoms with Crippen LogP contribution in [-0.4, -0.2) is 30.6 Å². The molecule has 31 heavy (non-hydrogen) atoms. The van der Waals surface area contributed by atoms with Crippen molar-refractivity contribution in [3.8, 4) is 0 Å². The Morgan fingerprint density at radius 2 is 1.48 bits per heavy atom. The molecule has 3 aromatic rings. The van der Waals surface area contributed by atoms with Crippen molar-refractivity contribution in [3.63, 3.8) is 0 Å². The minimum absolute atomic E-state index is 0.0198. The van der Waals surface area contributed by atoms with E-state index in [2.05, 4.69) is 98.0 Å². The first-order chi connectivity index (χ1) is 15.0. The Morgan fingerprint density at radius 1 is 0.935 bits per heavy atom. The van der Waals surface area contributed by atoms with Crippen LogP contribution in [0.5, 0.6) is 0 Å². The highest BCUT2D eigenvalue weighted by Gasteiger charge is 2.50. The van der Waals surface area contributed by atoms with Crippen LogP contribution in [0, 0.1) is 5.92 Å². The Balaban J connectivity index is 1.82. The van der Waals surface area contributed by atoms with Crippen molar-refractivity contribution in [2.24, 2.45) is 5.92 Å². The highest BCUT2D eigenvalue weighted by atomic mass is 32.2. The minimum atomic E-state index is -2.51. The number of hydrogen-bond donors (Lipinski definition) is 0. The van der Waals surface area contributed by atoms with Crippen LogP contribution >= 0.6 is 11.8 Å². The van der Waals surface area contributed by atoms with Gasteiger partial charge in [-0.2, -0.15) is 0 Å². The summed E-state index contributed by atoms with van der Waals surface area (Å²) in [5.74, 6) is 1.21. The van der Waals surface area contributed by atoms with Crippen molar-refractivity contribution in [2.75, 3.05) is 12.4 Å². The molecule has 0 unspecified atom stereocenters. The highest BCUT2D eigenvalue weighted by Crippen LogP contribution is 2.37. The smallest absolute Gasteiger partial charge is 0.261 e. The zero-order valence-electron chi connectivity index (χ0n) is 18.7. The SMILES string of the molecule is C=C[C@H](CCSc1ncccn1)CO[Si](c1ccccc1)(c1ccccc1)C(C)(C)C. The summed E-state index contributed by atoms with van der Waals surface area (Å²) >= 11 is 1.68. The summed E-state index contributed by atoms with van der Waals surface area (Å²) in [5, 5.41) is 3.42. The van der Waals surface area contributed by atoms with Crippen molar-refractivity contribution in [1.82, 2.24) is 9.97 Å². The number of rotatable bonds is 10. The van der Waals surface area contributed by atoms with Gasteiger partial charge in [-0.25, -0.2) is 9.97 Å². The van der Waals surface area contributed by atoms with Crippen LogP contribution in [0.3, 0.4) is 0 Å². The lowest BCUT2D eigenvalue weighted by molar-refractivity contribution is 0.257. The number of hydrogen-bond acceptors (Lipinski definition) is 4. The fourth-order valence-corrected chi connectivity index (χ4v) is 9.42. The third kappa shape index (κ3) is 5.73. The summed E-state index contributed by atoms with van der Waals surface area (Å²) in [4.78, 5) is 8.60. The van der Waals surface area contributed by atoms with E-state index in [1.165, 1.54) is 10.4 Å². The van der Waals surface area contributed by atoms with E-state index in [-0.39, 0.29) is 11.0 Å². The second kappa shape index (κ2) is 10.9. The molecule has 0 radical (unpaired) electrons. The third-order valence-corrected chi connectivity index (χ3v) is 11.4. The van der Waals surface area contributed by atoms with E-state index in [4.69, 9.17) is 4.43 Å². The second-order valence-corrected chi connectivity index (χ2v) is 14.0. The molecule has 0 N–H and O–H groups in total. The Hall–Kier alpha value is -2.21. The molecule has 0 saturated heterocycles. The van der Waals surface area contributed by atoms with Crippen LogP contribution in [0.2, 0.25) is 5.04 Å². The van der Waals surface area contributed by atoms with E-state index in [9.17, 15) is 0 Å². The summed E-state index contributed by atoms with van der Waals surface area (Å²) in [5.41, 5.74) is 0. The molecule has 0 bridgehead atoms. The molecule has 0 spiro atoms. The number of benzene rings is 2. The first-order valence-electron chi connectivity index (χ1n) is 10.7. The van der Waals surface area contributed by atoms with Gasteiger partial charge < -0.3 is 4.43 Å². The number of thioether (sulfide) groups is 1. The molecular weight excluding hydrogens is 416 g/mol. The maximum atomic E-state index is 7.05. The zero-order valence-corrected chi connectivity index (χ0v) is 20.5. The van der Waals surface area contributed by atoms with Gasteiger partial charge in [0.2, 0.25) is 0 Å². The maximum Gasteiger partial charge on any atom is 0.261 e. The van der Waals surface area contributed by atoms with E-state index in [1.54, 1.807) is 24.2 Å². The van der Waals surface area contributed by atoms with Crippen LogP contribution in [0.4, 0.5) is 0 Å². The fraction of sp³-hybridized carbons (Fsp3) is 0.308. The molecule has 2 aromatic carbocycles. The van der Waals surface area contributed by atoms with E-state index in [0.717, 1.165) is 17.3 Å². The number of nitrogens with zero attached hydrogens (tertiary/aromatic N) is 2. The first-order valence-corrected chi connectivity index (χ1v) is 13.6. The van der Waals surface area contributed by atoms with Crippen LogP contribution in [-0.2, 0) is 4.43 Å². The molecular formula is C26H32N2OSSi. The molecule has 0 aliphatic rings. The summed E-state index contributed by atoms with van der Waals surface area (Å²) < 4.78 is 7.05. The van der Waals surface area contributed by atoms with Gasteiger partial charge >= 0.3 is 0 Å². The van der Waals surface area contributed by atoms with Gasteiger partial charge in [0.05, 0.1) is 0 Å². The molecule has 0 aliphatic heterocycles. The van der Waals surface area contributed by atoms with Gasteiger partial charge in [0.15, 0.2) is 5.16 Å². The molecule has 3 rings (SSSR count). The van der Waals surface area contributed by atoms with Crippen LogP contribution in [0.15, 0.2) is 96.9 Å². The molecule has 1 atom stereocenters. The molecule has 0 saturated carbocycles. The molecule has 0 amide bonds. The topological polar surface area (TPSA) is 35.0 Å². The Kier molecular flexibility index (Phi) is 8.24.